The van der Waals surface area contributed by atoms with Gasteiger partial charge in [-0.15, -0.1) is 11.3 Å². The van der Waals surface area contributed by atoms with Gasteiger partial charge in [0.25, 0.3) is 0 Å². The number of rotatable bonds is 6. The molecule has 0 unspecified atom stereocenters. The summed E-state index contributed by atoms with van der Waals surface area (Å²) in [5, 5.41) is 3.07. The van der Waals surface area contributed by atoms with Gasteiger partial charge in [-0.3, -0.25) is 9.69 Å². The topological polar surface area (TPSA) is 48.9 Å². The van der Waals surface area contributed by atoms with E-state index in [9.17, 15) is 4.79 Å². The number of amides is 1. The van der Waals surface area contributed by atoms with Crippen molar-refractivity contribution >= 4 is 22.4 Å². The molecule has 1 saturated heterocycles. The number of carbonyl (C=O) groups excluding carboxylic acids is 1. The van der Waals surface area contributed by atoms with Crippen LogP contribution in [-0.4, -0.2) is 67.6 Å². The average Bonchev–Trinajstić information content (AvgIpc) is 3.17. The van der Waals surface area contributed by atoms with E-state index in [4.69, 9.17) is 4.74 Å². The molecule has 6 nitrogen and oxygen atoms in total. The smallest absolute Gasteiger partial charge is 0.236 e. The largest absolute Gasteiger partial charge is 0.497 e. The van der Waals surface area contributed by atoms with E-state index < -0.39 is 0 Å². The van der Waals surface area contributed by atoms with E-state index in [0.717, 1.165) is 42.6 Å². The molecule has 1 aliphatic rings. The van der Waals surface area contributed by atoms with Crippen molar-refractivity contribution in [3.05, 3.63) is 41.4 Å². The Bertz CT molecular complexity index is 684. The van der Waals surface area contributed by atoms with Gasteiger partial charge < -0.3 is 14.5 Å². The van der Waals surface area contributed by atoms with Crippen LogP contribution in [0.4, 0.5) is 5.13 Å². The maximum Gasteiger partial charge on any atom is 0.236 e. The van der Waals surface area contributed by atoms with Crippen LogP contribution in [0.3, 0.4) is 0 Å². The lowest BCUT2D eigenvalue weighted by Crippen LogP contribution is -2.49. The van der Waals surface area contributed by atoms with Gasteiger partial charge in [-0.05, 0) is 17.7 Å². The number of hydrogen-bond acceptors (Lipinski definition) is 6. The molecule has 1 aliphatic heterocycles. The summed E-state index contributed by atoms with van der Waals surface area (Å²) in [4.78, 5) is 23.1. The maximum atomic E-state index is 12.5. The van der Waals surface area contributed by atoms with E-state index in [0.29, 0.717) is 13.1 Å². The van der Waals surface area contributed by atoms with Crippen molar-refractivity contribution in [3.8, 4) is 5.75 Å². The normalized spacial score (nSPS) is 15.2. The number of ether oxygens (including phenoxy) is 1. The summed E-state index contributed by atoms with van der Waals surface area (Å²) in [5.41, 5.74) is 1.07. The Hall–Kier alpha value is -2.12. The minimum Gasteiger partial charge on any atom is -0.497 e. The van der Waals surface area contributed by atoms with E-state index in [2.05, 4.69) is 14.8 Å². The highest BCUT2D eigenvalue weighted by Crippen LogP contribution is 2.19. The first kappa shape index (κ1) is 17.7. The number of carbonyl (C=O) groups is 1. The fraction of sp³-hybridized carbons (Fsp3) is 0.444. The van der Waals surface area contributed by atoms with Crippen molar-refractivity contribution in [3.63, 3.8) is 0 Å². The van der Waals surface area contributed by atoms with Crippen molar-refractivity contribution in [2.75, 3.05) is 51.8 Å². The molecule has 3 rings (SSSR count). The van der Waals surface area contributed by atoms with Gasteiger partial charge in [-0.1, -0.05) is 12.1 Å². The van der Waals surface area contributed by atoms with Crippen LogP contribution in [0.25, 0.3) is 0 Å². The third kappa shape index (κ3) is 4.70. The van der Waals surface area contributed by atoms with Crippen molar-refractivity contribution in [2.24, 2.45) is 0 Å². The van der Waals surface area contributed by atoms with E-state index in [1.807, 2.05) is 42.9 Å². The summed E-state index contributed by atoms with van der Waals surface area (Å²) in [6, 6.07) is 7.84. The Labute approximate surface area is 152 Å². The number of aromatic nitrogens is 1. The van der Waals surface area contributed by atoms with Gasteiger partial charge in [-0.25, -0.2) is 4.98 Å². The number of methoxy groups -OCH3 is 1. The Kier molecular flexibility index (Phi) is 5.88. The lowest BCUT2D eigenvalue weighted by Gasteiger charge is -2.34. The number of nitrogens with zero attached hydrogens (tertiary/aromatic N) is 4. The molecule has 25 heavy (non-hydrogen) atoms. The predicted octanol–water partition coefficient (Wildman–Crippen LogP) is 1.93. The Morgan fingerprint density at radius 2 is 2.12 bits per heavy atom. The molecular weight excluding hydrogens is 336 g/mol. The molecule has 0 N–H and O–H groups in total. The summed E-state index contributed by atoms with van der Waals surface area (Å²) in [6.07, 6.45) is 1.84. The summed E-state index contributed by atoms with van der Waals surface area (Å²) in [7, 11) is 3.51. The molecule has 1 aromatic heterocycles. The Morgan fingerprint density at radius 3 is 2.80 bits per heavy atom. The number of piperazine rings is 1. The zero-order chi connectivity index (χ0) is 17.6. The molecule has 0 saturated carbocycles. The number of likely N-dealkylation sites (N-methyl/N-ethyl adjacent to an activating group) is 1. The molecule has 0 atom stereocenters. The number of hydrogen-bond donors (Lipinski definition) is 0. The average molecular weight is 360 g/mol. The van der Waals surface area contributed by atoms with E-state index in [-0.39, 0.29) is 5.91 Å². The third-order valence-corrected chi connectivity index (χ3v) is 5.23. The van der Waals surface area contributed by atoms with Gasteiger partial charge in [0.15, 0.2) is 5.13 Å². The molecule has 1 aromatic carbocycles. The van der Waals surface area contributed by atoms with Crippen molar-refractivity contribution < 1.29 is 9.53 Å². The summed E-state index contributed by atoms with van der Waals surface area (Å²) in [6.45, 7) is 4.67. The summed E-state index contributed by atoms with van der Waals surface area (Å²) >= 11 is 1.66. The molecule has 7 heteroatoms. The number of thiazole rings is 1. The van der Waals surface area contributed by atoms with Crippen LogP contribution in [-0.2, 0) is 11.3 Å². The molecule has 0 aliphatic carbocycles. The van der Waals surface area contributed by atoms with E-state index >= 15 is 0 Å². The quantitative estimate of drug-likeness (QED) is 0.788. The van der Waals surface area contributed by atoms with Crippen LogP contribution in [0.2, 0.25) is 0 Å². The van der Waals surface area contributed by atoms with Crippen molar-refractivity contribution in [1.82, 2.24) is 14.8 Å². The lowest BCUT2D eigenvalue weighted by molar-refractivity contribution is -0.131. The van der Waals surface area contributed by atoms with Gasteiger partial charge >= 0.3 is 0 Å². The van der Waals surface area contributed by atoms with Gasteiger partial charge in [-0.2, -0.15) is 0 Å². The first-order valence-electron chi connectivity index (χ1n) is 8.39. The van der Waals surface area contributed by atoms with Gasteiger partial charge in [0.2, 0.25) is 5.91 Å². The second kappa shape index (κ2) is 8.31. The minimum absolute atomic E-state index is 0.144. The first-order valence-corrected chi connectivity index (χ1v) is 9.27. The molecule has 2 heterocycles. The molecule has 2 aromatic rings. The van der Waals surface area contributed by atoms with E-state index in [1.54, 1.807) is 23.3 Å². The Morgan fingerprint density at radius 1 is 1.32 bits per heavy atom. The van der Waals surface area contributed by atoms with Crippen LogP contribution in [0, 0.1) is 0 Å². The molecule has 0 radical (unpaired) electrons. The van der Waals surface area contributed by atoms with Crippen LogP contribution in [0.15, 0.2) is 35.8 Å². The molecule has 0 spiro atoms. The second-order valence-electron chi connectivity index (χ2n) is 6.18. The maximum absolute atomic E-state index is 12.5. The fourth-order valence-electron chi connectivity index (χ4n) is 2.91. The third-order valence-electron chi connectivity index (χ3n) is 4.40. The second-order valence-corrected chi connectivity index (χ2v) is 7.05. The standard InChI is InChI=1S/C18H24N4O2S/c1-20(13-15-4-3-5-16(12-15)24-2)17(23)14-21-7-9-22(10-8-21)18-19-6-11-25-18/h3-6,11-12H,7-10,13-14H2,1-2H3. The predicted molar refractivity (Wildman–Crippen MR) is 100 cm³/mol. The van der Waals surface area contributed by atoms with Gasteiger partial charge in [0, 0.05) is 51.3 Å². The SMILES string of the molecule is COc1cccc(CN(C)C(=O)CN2CCN(c3nccs3)CC2)c1. The minimum atomic E-state index is 0.144. The molecule has 0 bridgehead atoms. The highest BCUT2D eigenvalue weighted by atomic mass is 32.1. The van der Waals surface area contributed by atoms with E-state index in [1.165, 1.54) is 0 Å². The van der Waals surface area contributed by atoms with Crippen LogP contribution in [0.5, 0.6) is 5.75 Å². The fourth-order valence-corrected chi connectivity index (χ4v) is 3.61. The monoisotopic (exact) mass is 360 g/mol. The lowest BCUT2D eigenvalue weighted by atomic mass is 10.2. The zero-order valence-electron chi connectivity index (χ0n) is 14.7. The van der Waals surface area contributed by atoms with Gasteiger partial charge in [0.1, 0.15) is 5.75 Å². The summed E-state index contributed by atoms with van der Waals surface area (Å²) < 4.78 is 5.24. The van der Waals surface area contributed by atoms with Crippen molar-refractivity contribution in [2.45, 2.75) is 6.54 Å². The van der Waals surface area contributed by atoms with Crippen LogP contribution < -0.4 is 9.64 Å². The summed E-state index contributed by atoms with van der Waals surface area (Å²) in [5.74, 6) is 0.960. The van der Waals surface area contributed by atoms with Crippen molar-refractivity contribution in [1.29, 1.82) is 0 Å². The highest BCUT2D eigenvalue weighted by Gasteiger charge is 2.21. The first-order chi connectivity index (χ1) is 12.2. The van der Waals surface area contributed by atoms with Crippen LogP contribution >= 0.6 is 11.3 Å². The molecular formula is C18H24N4O2S. The number of benzene rings is 1. The molecule has 1 fully saturated rings. The Balaban J connectivity index is 1.47. The molecule has 134 valence electrons. The number of anilines is 1. The molecule has 1 amide bonds. The zero-order valence-corrected chi connectivity index (χ0v) is 15.5. The highest BCUT2D eigenvalue weighted by molar-refractivity contribution is 7.13. The van der Waals surface area contributed by atoms with Crippen LogP contribution in [0.1, 0.15) is 5.56 Å². The van der Waals surface area contributed by atoms with Gasteiger partial charge in [0.05, 0.1) is 13.7 Å².